The lowest BCUT2D eigenvalue weighted by Gasteiger charge is -2.22. The van der Waals surface area contributed by atoms with Gasteiger partial charge in [-0.3, -0.25) is 0 Å². The average molecular weight is 373 g/mol. The minimum Gasteiger partial charge on any atom is -0.371 e. The first-order chi connectivity index (χ1) is 12.6. The Balaban J connectivity index is 1.71. The maximum Gasteiger partial charge on any atom is 0.255 e. The van der Waals surface area contributed by atoms with Gasteiger partial charge in [0.1, 0.15) is 18.1 Å². The zero-order valence-corrected chi connectivity index (χ0v) is 16.0. The Morgan fingerprint density at radius 3 is 2.81 bits per heavy atom. The van der Waals surface area contributed by atoms with E-state index in [2.05, 4.69) is 36.6 Å². The van der Waals surface area contributed by atoms with Crippen molar-refractivity contribution < 1.29 is 4.57 Å². The van der Waals surface area contributed by atoms with Crippen LogP contribution in [0.25, 0.3) is 0 Å². The largest absolute Gasteiger partial charge is 0.371 e. The number of anilines is 1. The number of aryl methyl sites for hydroxylation is 2. The monoisotopic (exact) mass is 372 g/mol. The normalized spacial score (nSPS) is 11.4. The summed E-state index contributed by atoms with van der Waals surface area (Å²) in [5, 5.41) is 8.93. The summed E-state index contributed by atoms with van der Waals surface area (Å²) < 4.78 is 3.90. The van der Waals surface area contributed by atoms with Crippen molar-refractivity contribution in [3.63, 3.8) is 0 Å². The SMILES string of the molecule is CCN(CCc1[nH]cc[n+]1C)c1ccc(N=Nc2nccn2C)c(Cl)c1. The molecule has 0 saturated carbocycles. The summed E-state index contributed by atoms with van der Waals surface area (Å²) in [6, 6.07) is 5.85. The van der Waals surface area contributed by atoms with Crippen molar-refractivity contribution >= 4 is 28.9 Å². The van der Waals surface area contributed by atoms with Crippen LogP contribution in [-0.2, 0) is 20.5 Å². The minimum absolute atomic E-state index is 0.541. The Kier molecular flexibility index (Phi) is 5.68. The molecule has 2 heterocycles. The molecule has 0 aliphatic rings. The zero-order valence-electron chi connectivity index (χ0n) is 15.2. The lowest BCUT2D eigenvalue weighted by atomic mass is 10.2. The topological polar surface area (TPSA) is 65.4 Å². The third-order valence-corrected chi connectivity index (χ3v) is 4.62. The van der Waals surface area contributed by atoms with Gasteiger partial charge in [0.15, 0.2) is 0 Å². The number of aromatic amines is 1. The molecule has 0 radical (unpaired) electrons. The van der Waals surface area contributed by atoms with Crippen LogP contribution in [-0.4, -0.2) is 27.6 Å². The fourth-order valence-corrected chi connectivity index (χ4v) is 2.94. The summed E-state index contributed by atoms with van der Waals surface area (Å²) in [5.41, 5.74) is 1.70. The molecule has 0 bridgehead atoms. The highest BCUT2D eigenvalue weighted by atomic mass is 35.5. The second-order valence-corrected chi connectivity index (χ2v) is 6.43. The van der Waals surface area contributed by atoms with E-state index in [4.69, 9.17) is 11.6 Å². The van der Waals surface area contributed by atoms with Crippen LogP contribution in [0.15, 0.2) is 53.2 Å². The molecule has 0 atom stereocenters. The van der Waals surface area contributed by atoms with Gasteiger partial charge in [-0.05, 0) is 25.1 Å². The molecule has 0 saturated heterocycles. The molecule has 0 aliphatic carbocycles. The van der Waals surface area contributed by atoms with Gasteiger partial charge in [-0.2, -0.15) is 0 Å². The molecule has 3 rings (SSSR count). The number of aromatic nitrogens is 4. The third kappa shape index (κ3) is 4.11. The molecule has 136 valence electrons. The van der Waals surface area contributed by atoms with E-state index < -0.39 is 0 Å². The first-order valence-electron chi connectivity index (χ1n) is 8.54. The number of rotatable bonds is 7. The highest BCUT2D eigenvalue weighted by Crippen LogP contribution is 2.30. The molecule has 2 aromatic heterocycles. The maximum absolute atomic E-state index is 6.42. The van der Waals surface area contributed by atoms with Crippen molar-refractivity contribution in [2.45, 2.75) is 13.3 Å². The Hall–Kier alpha value is -2.67. The molecular weight excluding hydrogens is 350 g/mol. The Morgan fingerprint density at radius 1 is 1.35 bits per heavy atom. The maximum atomic E-state index is 6.42. The van der Waals surface area contributed by atoms with E-state index in [0.29, 0.717) is 16.7 Å². The van der Waals surface area contributed by atoms with Gasteiger partial charge in [0.2, 0.25) is 5.95 Å². The van der Waals surface area contributed by atoms with Crippen molar-refractivity contribution in [2.75, 3.05) is 18.0 Å². The number of benzene rings is 1. The summed E-state index contributed by atoms with van der Waals surface area (Å²) >= 11 is 6.42. The third-order valence-electron chi connectivity index (χ3n) is 4.31. The number of imidazole rings is 2. The lowest BCUT2D eigenvalue weighted by molar-refractivity contribution is -0.677. The van der Waals surface area contributed by atoms with Crippen LogP contribution in [0.3, 0.4) is 0 Å². The highest BCUT2D eigenvalue weighted by Gasteiger charge is 2.12. The predicted octanol–water partition coefficient (Wildman–Crippen LogP) is 3.71. The van der Waals surface area contributed by atoms with E-state index in [0.717, 1.165) is 25.2 Å². The summed E-state index contributed by atoms with van der Waals surface area (Å²) in [5.74, 6) is 1.73. The van der Waals surface area contributed by atoms with Crippen LogP contribution in [0.1, 0.15) is 12.7 Å². The van der Waals surface area contributed by atoms with Gasteiger partial charge < -0.3 is 9.47 Å². The highest BCUT2D eigenvalue weighted by molar-refractivity contribution is 6.33. The Morgan fingerprint density at radius 2 is 2.19 bits per heavy atom. The fraction of sp³-hybridized carbons (Fsp3) is 0.333. The van der Waals surface area contributed by atoms with Gasteiger partial charge in [0.05, 0.1) is 18.5 Å². The van der Waals surface area contributed by atoms with E-state index in [1.54, 1.807) is 10.8 Å². The summed E-state index contributed by atoms with van der Waals surface area (Å²) in [6.07, 6.45) is 8.40. The second kappa shape index (κ2) is 8.14. The zero-order chi connectivity index (χ0) is 18.5. The number of azo groups is 1. The van der Waals surface area contributed by atoms with Crippen LogP contribution in [0.4, 0.5) is 17.3 Å². The van der Waals surface area contributed by atoms with Crippen molar-refractivity contribution in [1.82, 2.24) is 14.5 Å². The smallest absolute Gasteiger partial charge is 0.255 e. The molecule has 1 N–H and O–H groups in total. The van der Waals surface area contributed by atoms with Crippen LogP contribution >= 0.6 is 11.6 Å². The van der Waals surface area contributed by atoms with Gasteiger partial charge in [-0.15, -0.1) is 10.2 Å². The van der Waals surface area contributed by atoms with Crippen LogP contribution in [0, 0.1) is 0 Å². The number of likely N-dealkylation sites (N-methyl/N-ethyl adjacent to an activating group) is 1. The van der Waals surface area contributed by atoms with E-state index in [1.165, 1.54) is 5.82 Å². The van der Waals surface area contributed by atoms with Crippen LogP contribution < -0.4 is 9.47 Å². The molecule has 3 aromatic rings. The number of H-pyrrole nitrogens is 1. The molecule has 7 nitrogen and oxygen atoms in total. The van der Waals surface area contributed by atoms with Crippen LogP contribution in [0.5, 0.6) is 0 Å². The molecular formula is C18H23ClN7+. The lowest BCUT2D eigenvalue weighted by Crippen LogP contribution is -2.34. The van der Waals surface area contributed by atoms with Crippen molar-refractivity contribution in [3.8, 4) is 0 Å². The number of halogens is 1. The second-order valence-electron chi connectivity index (χ2n) is 6.02. The van der Waals surface area contributed by atoms with Gasteiger partial charge in [0, 0.05) is 38.2 Å². The molecule has 0 unspecified atom stereocenters. The summed E-state index contributed by atoms with van der Waals surface area (Å²) in [6.45, 7) is 3.93. The molecule has 0 fully saturated rings. The summed E-state index contributed by atoms with van der Waals surface area (Å²) in [7, 11) is 3.91. The number of nitrogens with one attached hydrogen (secondary N) is 1. The average Bonchev–Trinajstić information content (AvgIpc) is 3.23. The number of hydrogen-bond acceptors (Lipinski definition) is 4. The standard InChI is InChI=1S/C18H22ClN7/c1-4-26(10-7-17-20-8-11-24(17)2)14-5-6-16(15(19)13-14)22-23-18-21-9-12-25(18)3/h5-6,8-9,11-13H,4,7,10H2,1-3H3/p+1. The van der Waals surface area contributed by atoms with Crippen molar-refractivity contribution in [2.24, 2.45) is 24.3 Å². The quantitative estimate of drug-likeness (QED) is 0.507. The van der Waals surface area contributed by atoms with E-state index >= 15 is 0 Å². The van der Waals surface area contributed by atoms with Gasteiger partial charge in [-0.1, -0.05) is 11.6 Å². The first kappa shape index (κ1) is 18.1. The number of hydrogen-bond donors (Lipinski definition) is 1. The minimum atomic E-state index is 0.541. The molecule has 8 heteroatoms. The molecule has 26 heavy (non-hydrogen) atoms. The van der Waals surface area contributed by atoms with Crippen molar-refractivity contribution in [1.29, 1.82) is 0 Å². The van der Waals surface area contributed by atoms with Crippen molar-refractivity contribution in [3.05, 3.63) is 53.8 Å². The molecule has 0 spiro atoms. The Bertz CT molecular complexity index is 897. The van der Waals surface area contributed by atoms with Gasteiger partial charge in [0.25, 0.3) is 5.82 Å². The predicted molar refractivity (Wildman–Crippen MR) is 102 cm³/mol. The first-order valence-corrected chi connectivity index (χ1v) is 8.91. The Labute approximate surface area is 158 Å². The van der Waals surface area contributed by atoms with Gasteiger partial charge >= 0.3 is 0 Å². The van der Waals surface area contributed by atoms with E-state index in [9.17, 15) is 0 Å². The number of nitrogens with zero attached hydrogens (tertiary/aromatic N) is 6. The summed E-state index contributed by atoms with van der Waals surface area (Å²) in [4.78, 5) is 9.67. The van der Waals surface area contributed by atoms with Gasteiger partial charge in [-0.25, -0.2) is 14.5 Å². The van der Waals surface area contributed by atoms with E-state index in [-0.39, 0.29) is 0 Å². The molecule has 0 amide bonds. The van der Waals surface area contributed by atoms with Crippen LogP contribution in [0.2, 0.25) is 5.02 Å². The van der Waals surface area contributed by atoms with E-state index in [1.807, 2.05) is 50.9 Å². The molecule has 1 aromatic carbocycles. The fourth-order valence-electron chi connectivity index (χ4n) is 2.72. The molecule has 0 aliphatic heterocycles.